The highest BCUT2D eigenvalue weighted by Gasteiger charge is 2.17. The Balaban J connectivity index is 1.77. The molecule has 0 saturated carbocycles. The molecule has 4 nitrogen and oxygen atoms in total. The molecule has 1 N–H and O–H groups in total. The summed E-state index contributed by atoms with van der Waals surface area (Å²) in [5.41, 5.74) is 2.48. The van der Waals surface area contributed by atoms with Crippen molar-refractivity contribution < 1.29 is 4.39 Å². The number of benzene rings is 1. The lowest BCUT2D eigenvalue weighted by atomic mass is 10.1. The van der Waals surface area contributed by atoms with Gasteiger partial charge in [-0.15, -0.1) is 10.2 Å². The summed E-state index contributed by atoms with van der Waals surface area (Å²) in [5.74, 6) is 0.532. The van der Waals surface area contributed by atoms with Crippen molar-refractivity contribution in [2.75, 3.05) is 25.5 Å². The van der Waals surface area contributed by atoms with Crippen LogP contribution in [-0.4, -0.2) is 41.3 Å². The van der Waals surface area contributed by atoms with Crippen molar-refractivity contribution in [3.05, 3.63) is 41.7 Å². The number of rotatable bonds is 3. The van der Waals surface area contributed by atoms with Crippen molar-refractivity contribution in [2.24, 2.45) is 0 Å². The number of anilines is 1. The molecule has 1 fully saturated rings. The van der Waals surface area contributed by atoms with E-state index in [4.69, 9.17) is 0 Å². The SMILES string of the molecule is Cc1cc(N[C@@H]2CCCN(C)C2)nnc1-c1cccc(F)c1. The zero-order valence-electron chi connectivity index (χ0n) is 13.0. The van der Waals surface area contributed by atoms with Crippen LogP contribution in [0.15, 0.2) is 30.3 Å². The van der Waals surface area contributed by atoms with Gasteiger partial charge in [0.25, 0.3) is 0 Å². The van der Waals surface area contributed by atoms with E-state index in [0.717, 1.165) is 42.1 Å². The van der Waals surface area contributed by atoms with Gasteiger partial charge in [0, 0.05) is 18.2 Å². The van der Waals surface area contributed by atoms with Crippen molar-refractivity contribution in [1.29, 1.82) is 0 Å². The third-order valence-electron chi connectivity index (χ3n) is 4.06. The summed E-state index contributed by atoms with van der Waals surface area (Å²) < 4.78 is 13.3. The third kappa shape index (κ3) is 3.42. The number of hydrogen-bond acceptors (Lipinski definition) is 4. The number of piperidine rings is 1. The Morgan fingerprint density at radius 2 is 2.14 bits per heavy atom. The van der Waals surface area contributed by atoms with Crippen molar-refractivity contribution >= 4 is 5.82 Å². The molecule has 1 aliphatic heterocycles. The molecule has 116 valence electrons. The topological polar surface area (TPSA) is 41.0 Å². The Bertz CT molecular complexity index is 659. The van der Waals surface area contributed by atoms with Crippen LogP contribution in [0.2, 0.25) is 0 Å². The molecular formula is C17H21FN4. The zero-order chi connectivity index (χ0) is 15.5. The van der Waals surface area contributed by atoms with E-state index in [1.54, 1.807) is 6.07 Å². The van der Waals surface area contributed by atoms with Crippen molar-refractivity contribution in [3.8, 4) is 11.3 Å². The van der Waals surface area contributed by atoms with E-state index in [2.05, 4.69) is 27.5 Å². The average molecular weight is 300 g/mol. The second-order valence-electron chi connectivity index (χ2n) is 6.02. The molecular weight excluding hydrogens is 279 g/mol. The fourth-order valence-electron chi connectivity index (χ4n) is 2.97. The Labute approximate surface area is 130 Å². The number of hydrogen-bond donors (Lipinski definition) is 1. The van der Waals surface area contributed by atoms with Gasteiger partial charge in [-0.3, -0.25) is 0 Å². The van der Waals surface area contributed by atoms with Gasteiger partial charge >= 0.3 is 0 Å². The van der Waals surface area contributed by atoms with Crippen LogP contribution in [-0.2, 0) is 0 Å². The molecule has 0 bridgehead atoms. The molecule has 2 heterocycles. The molecule has 1 saturated heterocycles. The highest BCUT2D eigenvalue weighted by molar-refractivity contribution is 5.63. The standard InChI is InChI=1S/C17H21FN4/c1-12-9-16(19-15-7-4-8-22(2)11-15)20-21-17(12)13-5-3-6-14(18)10-13/h3,5-6,9-10,15H,4,7-8,11H2,1-2H3,(H,19,20)/t15-/m1/s1. The molecule has 0 aliphatic carbocycles. The normalized spacial score (nSPS) is 19.1. The number of aromatic nitrogens is 2. The highest BCUT2D eigenvalue weighted by atomic mass is 19.1. The molecule has 2 aromatic rings. The number of halogens is 1. The van der Waals surface area contributed by atoms with Crippen LogP contribution in [0.5, 0.6) is 0 Å². The minimum Gasteiger partial charge on any atom is -0.365 e. The Kier molecular flexibility index (Phi) is 4.34. The molecule has 0 unspecified atom stereocenters. The number of likely N-dealkylation sites (N-methyl/N-ethyl adjacent to an activating group) is 1. The Hall–Kier alpha value is -2.01. The lowest BCUT2D eigenvalue weighted by Gasteiger charge is -2.30. The summed E-state index contributed by atoms with van der Waals surface area (Å²) >= 11 is 0. The van der Waals surface area contributed by atoms with E-state index in [-0.39, 0.29) is 5.82 Å². The molecule has 1 aliphatic rings. The van der Waals surface area contributed by atoms with Crippen molar-refractivity contribution in [3.63, 3.8) is 0 Å². The van der Waals surface area contributed by atoms with Gasteiger partial charge in [0.15, 0.2) is 0 Å². The third-order valence-corrected chi connectivity index (χ3v) is 4.06. The van der Waals surface area contributed by atoms with Crippen molar-refractivity contribution in [2.45, 2.75) is 25.8 Å². The molecule has 1 atom stereocenters. The second kappa shape index (κ2) is 6.40. The molecule has 1 aromatic heterocycles. The van der Waals surface area contributed by atoms with Gasteiger partial charge < -0.3 is 10.2 Å². The summed E-state index contributed by atoms with van der Waals surface area (Å²) in [6, 6.07) is 8.86. The monoisotopic (exact) mass is 300 g/mol. The summed E-state index contributed by atoms with van der Waals surface area (Å²) in [6.07, 6.45) is 2.35. The van der Waals surface area contributed by atoms with E-state index in [1.165, 1.54) is 18.6 Å². The number of nitrogens with one attached hydrogen (secondary N) is 1. The van der Waals surface area contributed by atoms with Gasteiger partial charge in [-0.25, -0.2) is 4.39 Å². The van der Waals surface area contributed by atoms with E-state index in [1.807, 2.05) is 19.1 Å². The molecule has 0 spiro atoms. The fourth-order valence-corrected chi connectivity index (χ4v) is 2.97. The van der Waals surface area contributed by atoms with E-state index in [9.17, 15) is 4.39 Å². The van der Waals surface area contributed by atoms with Crippen LogP contribution in [0.1, 0.15) is 18.4 Å². The van der Waals surface area contributed by atoms with Gasteiger partial charge in [-0.1, -0.05) is 12.1 Å². The predicted molar refractivity (Wildman–Crippen MR) is 86.3 cm³/mol. The maximum atomic E-state index is 13.3. The van der Waals surface area contributed by atoms with Gasteiger partial charge in [0.2, 0.25) is 0 Å². The van der Waals surface area contributed by atoms with Crippen LogP contribution in [0.3, 0.4) is 0 Å². The van der Waals surface area contributed by atoms with Gasteiger partial charge in [-0.2, -0.15) is 0 Å². The maximum Gasteiger partial charge on any atom is 0.149 e. The van der Waals surface area contributed by atoms with Crippen LogP contribution in [0.4, 0.5) is 10.2 Å². The first-order valence-electron chi connectivity index (χ1n) is 7.67. The largest absolute Gasteiger partial charge is 0.365 e. The molecule has 3 rings (SSSR count). The predicted octanol–water partition coefficient (Wildman–Crippen LogP) is 3.10. The van der Waals surface area contributed by atoms with Crippen LogP contribution < -0.4 is 5.32 Å². The van der Waals surface area contributed by atoms with Crippen molar-refractivity contribution in [1.82, 2.24) is 15.1 Å². The van der Waals surface area contributed by atoms with E-state index in [0.29, 0.717) is 6.04 Å². The zero-order valence-corrected chi connectivity index (χ0v) is 13.0. The summed E-state index contributed by atoms with van der Waals surface area (Å²) in [4.78, 5) is 2.32. The Morgan fingerprint density at radius 3 is 2.86 bits per heavy atom. The quantitative estimate of drug-likeness (QED) is 0.945. The summed E-state index contributed by atoms with van der Waals surface area (Å²) in [6.45, 7) is 4.15. The summed E-state index contributed by atoms with van der Waals surface area (Å²) in [7, 11) is 2.14. The van der Waals surface area contributed by atoms with Crippen LogP contribution in [0, 0.1) is 12.7 Å². The smallest absolute Gasteiger partial charge is 0.149 e. The Morgan fingerprint density at radius 1 is 1.27 bits per heavy atom. The van der Waals surface area contributed by atoms with E-state index < -0.39 is 0 Å². The van der Waals surface area contributed by atoms with Crippen LogP contribution in [0.25, 0.3) is 11.3 Å². The molecule has 1 aromatic carbocycles. The maximum absolute atomic E-state index is 13.3. The molecule has 0 amide bonds. The first kappa shape index (κ1) is 14.9. The van der Waals surface area contributed by atoms with Gasteiger partial charge in [-0.05, 0) is 57.1 Å². The lowest BCUT2D eigenvalue weighted by molar-refractivity contribution is 0.260. The van der Waals surface area contributed by atoms with E-state index >= 15 is 0 Å². The highest BCUT2D eigenvalue weighted by Crippen LogP contribution is 2.23. The number of nitrogens with zero attached hydrogens (tertiary/aromatic N) is 3. The van der Waals surface area contributed by atoms with Crippen LogP contribution >= 0.6 is 0 Å². The fraction of sp³-hybridized carbons (Fsp3) is 0.412. The van der Waals surface area contributed by atoms with Gasteiger partial charge in [0.05, 0.1) is 5.69 Å². The number of aryl methyl sites for hydroxylation is 1. The summed E-state index contributed by atoms with van der Waals surface area (Å²) in [5, 5.41) is 12.0. The molecule has 0 radical (unpaired) electrons. The first-order valence-corrected chi connectivity index (χ1v) is 7.67. The number of likely N-dealkylation sites (tertiary alicyclic amines) is 1. The second-order valence-corrected chi connectivity index (χ2v) is 6.02. The first-order chi connectivity index (χ1) is 10.6. The minimum absolute atomic E-state index is 0.258. The molecule has 22 heavy (non-hydrogen) atoms. The minimum atomic E-state index is -0.258. The lowest BCUT2D eigenvalue weighted by Crippen LogP contribution is -2.39. The average Bonchev–Trinajstić information content (AvgIpc) is 2.47. The molecule has 5 heteroatoms. The van der Waals surface area contributed by atoms with Gasteiger partial charge in [0.1, 0.15) is 11.6 Å².